The number of guanidine groups is 1. The number of rotatable bonds is 7. The van der Waals surface area contributed by atoms with Gasteiger partial charge in [-0.15, -0.1) is 0 Å². The Morgan fingerprint density at radius 2 is 2.10 bits per heavy atom. The molecular formula is C21H30F2N6O. The second-order valence-corrected chi connectivity index (χ2v) is 7.44. The van der Waals surface area contributed by atoms with Gasteiger partial charge in [-0.05, 0) is 44.4 Å². The van der Waals surface area contributed by atoms with E-state index in [4.69, 9.17) is 0 Å². The van der Waals surface area contributed by atoms with E-state index in [1.54, 1.807) is 19.2 Å². The number of benzene rings is 1. The quantitative estimate of drug-likeness (QED) is 0.533. The molecule has 1 unspecified atom stereocenters. The fourth-order valence-electron chi connectivity index (χ4n) is 3.88. The lowest BCUT2D eigenvalue weighted by atomic mass is 10.1. The van der Waals surface area contributed by atoms with Crippen LogP contribution in [0.4, 0.5) is 14.5 Å². The minimum atomic E-state index is -2.84. The summed E-state index contributed by atoms with van der Waals surface area (Å²) in [7, 11) is 3.70. The Morgan fingerprint density at radius 3 is 2.77 bits per heavy atom. The predicted molar refractivity (Wildman–Crippen MR) is 115 cm³/mol. The van der Waals surface area contributed by atoms with Gasteiger partial charge >= 0.3 is 6.61 Å². The first-order valence-electron chi connectivity index (χ1n) is 10.1. The summed E-state index contributed by atoms with van der Waals surface area (Å²) in [4.78, 5) is 6.38. The summed E-state index contributed by atoms with van der Waals surface area (Å²) in [6.45, 7) is 3.45. The molecule has 2 N–H and O–H groups in total. The van der Waals surface area contributed by atoms with Gasteiger partial charge in [0.2, 0.25) is 0 Å². The second-order valence-electron chi connectivity index (χ2n) is 7.44. The maximum atomic E-state index is 12.7. The van der Waals surface area contributed by atoms with Crippen LogP contribution in [0.2, 0.25) is 0 Å². The van der Waals surface area contributed by atoms with E-state index in [9.17, 15) is 8.78 Å². The van der Waals surface area contributed by atoms with Crippen molar-refractivity contribution in [2.45, 2.75) is 39.3 Å². The fraction of sp³-hybridized carbons (Fsp3) is 0.524. The van der Waals surface area contributed by atoms with E-state index in [1.807, 2.05) is 30.8 Å². The number of anilines is 1. The number of aliphatic imine (C=N–C) groups is 1. The monoisotopic (exact) mass is 420 g/mol. The lowest BCUT2D eigenvalue weighted by Crippen LogP contribution is -2.45. The number of aromatic nitrogens is 2. The molecular weight excluding hydrogens is 390 g/mol. The third kappa shape index (κ3) is 5.20. The molecule has 7 nitrogen and oxygen atoms in total. The normalized spacial score (nSPS) is 17.0. The van der Waals surface area contributed by atoms with Gasteiger partial charge in [0.15, 0.2) is 5.96 Å². The van der Waals surface area contributed by atoms with Crippen molar-refractivity contribution in [3.05, 3.63) is 41.2 Å². The molecule has 0 saturated carbocycles. The number of nitrogens with one attached hydrogen (secondary N) is 2. The van der Waals surface area contributed by atoms with Gasteiger partial charge in [0, 0.05) is 45.5 Å². The first-order valence-corrected chi connectivity index (χ1v) is 10.1. The standard InChI is InChI=1S/C21H30F2N6O/c1-14-17(15(2)28(4)27-14)9-11-25-21(24-3)26-16-10-12-29(13-16)18-7-5-6-8-19(18)30-20(22)23/h5-8,16,20H,9-13H2,1-4H3,(H2,24,25,26). The van der Waals surface area contributed by atoms with Crippen LogP contribution < -0.4 is 20.3 Å². The number of ether oxygens (including phenoxy) is 1. The largest absolute Gasteiger partial charge is 0.433 e. The predicted octanol–water partition coefficient (Wildman–Crippen LogP) is 2.62. The molecule has 3 rings (SSSR count). The summed E-state index contributed by atoms with van der Waals surface area (Å²) >= 11 is 0. The maximum absolute atomic E-state index is 12.7. The summed E-state index contributed by atoms with van der Waals surface area (Å²) < 4.78 is 32.0. The Balaban J connectivity index is 1.53. The average molecular weight is 421 g/mol. The van der Waals surface area contributed by atoms with E-state index in [-0.39, 0.29) is 11.8 Å². The number of hydrogen-bond donors (Lipinski definition) is 2. The van der Waals surface area contributed by atoms with Gasteiger partial charge in [-0.3, -0.25) is 9.67 Å². The molecule has 1 aromatic carbocycles. The number of hydrogen-bond acceptors (Lipinski definition) is 4. The van der Waals surface area contributed by atoms with Crippen LogP contribution in [0.15, 0.2) is 29.3 Å². The highest BCUT2D eigenvalue weighted by atomic mass is 19.3. The van der Waals surface area contributed by atoms with Crippen LogP contribution in [-0.2, 0) is 13.5 Å². The van der Waals surface area contributed by atoms with Gasteiger partial charge in [0.05, 0.1) is 11.4 Å². The molecule has 1 saturated heterocycles. The van der Waals surface area contributed by atoms with Crippen molar-refractivity contribution in [1.82, 2.24) is 20.4 Å². The Labute approximate surface area is 176 Å². The van der Waals surface area contributed by atoms with Gasteiger partial charge in [0.1, 0.15) is 5.75 Å². The van der Waals surface area contributed by atoms with E-state index in [0.29, 0.717) is 12.2 Å². The molecule has 1 aromatic heterocycles. The highest BCUT2D eigenvalue weighted by molar-refractivity contribution is 5.80. The third-order valence-corrected chi connectivity index (χ3v) is 5.50. The number of alkyl halides is 2. The van der Waals surface area contributed by atoms with Crippen LogP contribution in [0.1, 0.15) is 23.4 Å². The third-order valence-electron chi connectivity index (χ3n) is 5.50. The molecule has 0 aliphatic carbocycles. The molecule has 0 spiro atoms. The zero-order chi connectivity index (χ0) is 21.7. The Bertz CT molecular complexity index is 882. The summed E-state index contributed by atoms with van der Waals surface area (Å²) in [6.07, 6.45) is 1.74. The summed E-state index contributed by atoms with van der Waals surface area (Å²) in [6, 6.07) is 7.08. The summed E-state index contributed by atoms with van der Waals surface area (Å²) in [5.41, 5.74) is 4.17. The van der Waals surface area contributed by atoms with Crippen LogP contribution in [0.5, 0.6) is 5.75 Å². The van der Waals surface area contributed by atoms with Gasteiger partial charge in [0.25, 0.3) is 0 Å². The van der Waals surface area contributed by atoms with E-state index in [0.717, 1.165) is 37.6 Å². The van der Waals surface area contributed by atoms with E-state index in [1.165, 1.54) is 11.3 Å². The molecule has 0 bridgehead atoms. The fourth-order valence-corrected chi connectivity index (χ4v) is 3.88. The van der Waals surface area contributed by atoms with Crippen LogP contribution in [-0.4, -0.2) is 55.1 Å². The molecule has 0 radical (unpaired) electrons. The molecule has 0 amide bonds. The van der Waals surface area contributed by atoms with Gasteiger partial charge in [-0.2, -0.15) is 13.9 Å². The van der Waals surface area contributed by atoms with Crippen LogP contribution in [0.25, 0.3) is 0 Å². The van der Waals surface area contributed by atoms with Gasteiger partial charge in [-0.1, -0.05) is 12.1 Å². The maximum Gasteiger partial charge on any atom is 0.387 e. The number of nitrogens with zero attached hydrogens (tertiary/aromatic N) is 4. The van der Waals surface area contributed by atoms with Crippen molar-refractivity contribution in [3.8, 4) is 5.75 Å². The van der Waals surface area contributed by atoms with Crippen LogP contribution in [0.3, 0.4) is 0 Å². The molecule has 9 heteroatoms. The van der Waals surface area contributed by atoms with Crippen molar-refractivity contribution in [2.75, 3.05) is 31.6 Å². The first-order chi connectivity index (χ1) is 14.4. The minimum Gasteiger partial charge on any atom is -0.433 e. The molecule has 2 aromatic rings. The van der Waals surface area contributed by atoms with Gasteiger partial charge in [-0.25, -0.2) is 0 Å². The summed E-state index contributed by atoms with van der Waals surface area (Å²) in [5.74, 6) is 0.941. The lowest BCUT2D eigenvalue weighted by molar-refractivity contribution is -0.0495. The number of para-hydroxylation sites is 2. The molecule has 164 valence electrons. The average Bonchev–Trinajstić information content (AvgIpc) is 3.26. The highest BCUT2D eigenvalue weighted by Crippen LogP contribution is 2.31. The van der Waals surface area contributed by atoms with E-state index in [2.05, 4.69) is 37.3 Å². The molecule has 1 fully saturated rings. The van der Waals surface area contributed by atoms with Crippen molar-refractivity contribution in [2.24, 2.45) is 12.0 Å². The zero-order valence-electron chi connectivity index (χ0n) is 18.0. The SMILES string of the molecule is CN=C(NCCc1c(C)nn(C)c1C)NC1CCN(c2ccccc2OC(F)F)C1. The Morgan fingerprint density at radius 1 is 1.33 bits per heavy atom. The second kappa shape index (κ2) is 9.77. The lowest BCUT2D eigenvalue weighted by Gasteiger charge is -2.22. The van der Waals surface area contributed by atoms with Crippen molar-refractivity contribution < 1.29 is 13.5 Å². The number of halogens is 2. The van der Waals surface area contributed by atoms with Gasteiger partial charge < -0.3 is 20.3 Å². The zero-order valence-corrected chi connectivity index (χ0v) is 18.0. The Hall–Kier alpha value is -2.84. The smallest absolute Gasteiger partial charge is 0.387 e. The van der Waals surface area contributed by atoms with Crippen molar-refractivity contribution in [1.29, 1.82) is 0 Å². The summed E-state index contributed by atoms with van der Waals surface area (Å²) in [5, 5.41) is 11.2. The first kappa shape index (κ1) is 21.9. The van der Waals surface area contributed by atoms with E-state index < -0.39 is 6.61 Å². The van der Waals surface area contributed by atoms with Crippen LogP contribution >= 0.6 is 0 Å². The molecule has 1 aliphatic rings. The van der Waals surface area contributed by atoms with Crippen LogP contribution in [0, 0.1) is 13.8 Å². The molecule has 2 heterocycles. The van der Waals surface area contributed by atoms with Crippen molar-refractivity contribution in [3.63, 3.8) is 0 Å². The molecule has 1 atom stereocenters. The molecule has 1 aliphatic heterocycles. The van der Waals surface area contributed by atoms with Crippen molar-refractivity contribution >= 4 is 11.6 Å². The highest BCUT2D eigenvalue weighted by Gasteiger charge is 2.26. The van der Waals surface area contributed by atoms with E-state index >= 15 is 0 Å². The Kier molecular flexibility index (Phi) is 7.12. The minimum absolute atomic E-state index is 0.165. The molecule has 30 heavy (non-hydrogen) atoms. The topological polar surface area (TPSA) is 66.7 Å². The number of aryl methyl sites for hydroxylation is 2.